The Hall–Kier alpha value is -0.670. The molecule has 0 fully saturated rings. The van der Waals surface area contributed by atoms with Crippen molar-refractivity contribution < 1.29 is 5.11 Å². The number of aliphatic hydroxyl groups is 1. The number of rotatable bonds is 2. The minimum Gasteiger partial charge on any atom is -0.386 e. The number of hydrogen-bond donors (Lipinski definition) is 1. The quantitative estimate of drug-likeness (QED) is 0.733. The molecule has 2 atom stereocenters. The van der Waals surface area contributed by atoms with Crippen molar-refractivity contribution in [2.75, 3.05) is 0 Å². The predicted octanol–water partition coefficient (Wildman–Crippen LogP) is 5.01. The van der Waals surface area contributed by atoms with Gasteiger partial charge in [0.15, 0.2) is 0 Å². The van der Waals surface area contributed by atoms with Gasteiger partial charge in [-0.2, -0.15) is 5.26 Å². The fraction of sp³-hybridized carbons (Fsp3) is 0.312. The molecule has 2 nitrogen and oxygen atoms in total. The smallest absolute Gasteiger partial charge is 0.107 e. The van der Waals surface area contributed by atoms with E-state index in [-0.39, 0.29) is 0 Å². The summed E-state index contributed by atoms with van der Waals surface area (Å²) in [6.45, 7) is 0. The zero-order valence-electron chi connectivity index (χ0n) is 11.1. The fourth-order valence-electron chi connectivity index (χ4n) is 2.92. The van der Waals surface area contributed by atoms with Crippen LogP contribution in [0.1, 0.15) is 28.5 Å². The third kappa shape index (κ3) is 2.70. The summed E-state index contributed by atoms with van der Waals surface area (Å²) in [5.74, 6) is 0. The summed E-state index contributed by atoms with van der Waals surface area (Å²) in [6.07, 6.45) is 1.38. The molecule has 2 aromatic rings. The molecule has 1 N–H and O–H groups in total. The summed E-state index contributed by atoms with van der Waals surface area (Å²) in [5.41, 5.74) is 1.74. The predicted molar refractivity (Wildman–Crippen MR) is 91.2 cm³/mol. The maximum absolute atomic E-state index is 10.8. The van der Waals surface area contributed by atoms with E-state index in [0.29, 0.717) is 12.8 Å². The van der Waals surface area contributed by atoms with Gasteiger partial charge in [-0.1, -0.05) is 24.3 Å². The second kappa shape index (κ2) is 5.85. The SMILES string of the molecule is N#CC1(C(O)c2cc(Br)c(Br)s2)CCc2ccccc2C1. The van der Waals surface area contributed by atoms with E-state index in [0.717, 1.165) is 19.6 Å². The van der Waals surface area contributed by atoms with E-state index in [1.54, 1.807) is 0 Å². The highest BCUT2D eigenvalue weighted by Gasteiger charge is 2.42. The van der Waals surface area contributed by atoms with Gasteiger partial charge < -0.3 is 5.11 Å². The van der Waals surface area contributed by atoms with Gasteiger partial charge in [-0.15, -0.1) is 11.3 Å². The van der Waals surface area contributed by atoms with E-state index >= 15 is 0 Å². The van der Waals surface area contributed by atoms with Gasteiger partial charge in [0, 0.05) is 9.35 Å². The molecular weight excluding hydrogens is 414 g/mol. The van der Waals surface area contributed by atoms with Crippen LogP contribution >= 0.6 is 43.2 Å². The van der Waals surface area contributed by atoms with Crippen molar-refractivity contribution in [2.45, 2.75) is 25.4 Å². The fourth-order valence-corrected chi connectivity index (χ4v) is 5.11. The van der Waals surface area contributed by atoms with E-state index in [1.165, 1.54) is 22.5 Å². The van der Waals surface area contributed by atoms with Crippen LogP contribution in [0.4, 0.5) is 0 Å². The molecule has 5 heteroatoms. The van der Waals surface area contributed by atoms with Gasteiger partial charge in [0.05, 0.1) is 15.3 Å². The summed E-state index contributed by atoms with van der Waals surface area (Å²) >= 11 is 8.37. The maximum Gasteiger partial charge on any atom is 0.107 e. The highest BCUT2D eigenvalue weighted by atomic mass is 79.9. The molecule has 0 spiro atoms. The van der Waals surface area contributed by atoms with Crippen LogP contribution in [0.15, 0.2) is 38.6 Å². The van der Waals surface area contributed by atoms with Gasteiger partial charge in [-0.3, -0.25) is 0 Å². The van der Waals surface area contributed by atoms with Gasteiger partial charge in [0.2, 0.25) is 0 Å². The van der Waals surface area contributed by atoms with Crippen molar-refractivity contribution >= 4 is 43.2 Å². The highest BCUT2D eigenvalue weighted by Crippen LogP contribution is 2.47. The van der Waals surface area contributed by atoms with Gasteiger partial charge in [-0.25, -0.2) is 0 Å². The van der Waals surface area contributed by atoms with Crippen LogP contribution in [0, 0.1) is 16.7 Å². The molecule has 2 unspecified atom stereocenters. The Bertz CT molecular complexity index is 702. The van der Waals surface area contributed by atoms with Gasteiger partial charge in [-0.05, 0) is 68.3 Å². The van der Waals surface area contributed by atoms with Crippen LogP contribution in [-0.4, -0.2) is 5.11 Å². The number of nitrogens with zero attached hydrogens (tertiary/aromatic N) is 1. The Morgan fingerprint density at radius 3 is 2.62 bits per heavy atom. The number of fused-ring (bicyclic) bond motifs is 1. The highest BCUT2D eigenvalue weighted by molar-refractivity contribution is 9.13. The standard InChI is InChI=1S/C16H13Br2NOS/c17-12-7-13(21-15(12)18)14(20)16(9-19)6-5-10-3-1-2-4-11(10)8-16/h1-4,7,14,20H,5-6,8H2. The number of benzene rings is 1. The van der Waals surface area contributed by atoms with E-state index in [1.807, 2.05) is 18.2 Å². The molecule has 1 aliphatic carbocycles. The third-order valence-corrected chi connectivity index (χ3v) is 7.45. The first-order valence-corrected chi connectivity index (χ1v) is 9.07. The zero-order valence-corrected chi connectivity index (χ0v) is 15.1. The Labute approximate surface area is 144 Å². The van der Waals surface area contributed by atoms with Crippen molar-refractivity contribution in [1.29, 1.82) is 5.26 Å². The molecule has 0 amide bonds. The minimum atomic E-state index is -0.761. The monoisotopic (exact) mass is 425 g/mol. The van der Waals surface area contributed by atoms with E-state index < -0.39 is 11.5 Å². The largest absolute Gasteiger partial charge is 0.386 e. The number of hydrogen-bond acceptors (Lipinski definition) is 3. The normalized spacial score (nSPS) is 22.4. The van der Waals surface area contributed by atoms with E-state index in [4.69, 9.17) is 0 Å². The lowest BCUT2D eigenvalue weighted by Gasteiger charge is -2.35. The van der Waals surface area contributed by atoms with Gasteiger partial charge in [0.25, 0.3) is 0 Å². The lowest BCUT2D eigenvalue weighted by atomic mass is 9.69. The molecule has 0 bridgehead atoms. The molecule has 1 heterocycles. The van der Waals surface area contributed by atoms with Crippen molar-refractivity contribution in [3.05, 3.63) is 54.6 Å². The van der Waals surface area contributed by atoms with Crippen LogP contribution < -0.4 is 0 Å². The van der Waals surface area contributed by atoms with Gasteiger partial charge >= 0.3 is 0 Å². The Kier molecular flexibility index (Phi) is 4.24. The first-order chi connectivity index (χ1) is 10.1. The first kappa shape index (κ1) is 15.2. The Balaban J connectivity index is 1.97. The first-order valence-electron chi connectivity index (χ1n) is 6.66. The topological polar surface area (TPSA) is 44.0 Å². The van der Waals surface area contributed by atoms with Crippen LogP contribution in [0.2, 0.25) is 0 Å². The molecular formula is C16H13Br2NOS. The maximum atomic E-state index is 10.8. The van der Waals surface area contributed by atoms with E-state index in [9.17, 15) is 10.4 Å². The van der Waals surface area contributed by atoms with Gasteiger partial charge in [0.1, 0.15) is 6.10 Å². The van der Waals surface area contributed by atoms with Crippen molar-refractivity contribution in [3.8, 4) is 6.07 Å². The summed E-state index contributed by atoms with van der Waals surface area (Å²) < 4.78 is 1.87. The number of nitriles is 1. The average Bonchev–Trinajstić information content (AvgIpc) is 2.85. The molecule has 0 saturated carbocycles. The molecule has 1 aliphatic rings. The molecule has 1 aromatic heterocycles. The van der Waals surface area contributed by atoms with Crippen molar-refractivity contribution in [2.24, 2.45) is 5.41 Å². The second-order valence-corrected chi connectivity index (χ2v) is 8.64. The molecule has 21 heavy (non-hydrogen) atoms. The molecule has 3 rings (SSSR count). The number of halogens is 2. The summed E-state index contributed by atoms with van der Waals surface area (Å²) in [5, 5.41) is 20.6. The Morgan fingerprint density at radius 2 is 2.00 bits per heavy atom. The van der Waals surface area contributed by atoms with E-state index in [2.05, 4.69) is 50.1 Å². The number of aryl methyl sites for hydroxylation is 1. The lowest BCUT2D eigenvalue weighted by molar-refractivity contribution is 0.0555. The average molecular weight is 427 g/mol. The summed E-state index contributed by atoms with van der Waals surface area (Å²) in [6, 6.07) is 12.5. The van der Waals surface area contributed by atoms with Crippen LogP contribution in [0.3, 0.4) is 0 Å². The molecule has 0 saturated heterocycles. The second-order valence-electron chi connectivity index (χ2n) is 5.39. The number of aliphatic hydroxyl groups excluding tert-OH is 1. The van der Waals surface area contributed by atoms with Crippen LogP contribution in [-0.2, 0) is 12.8 Å². The number of thiophene rings is 1. The molecule has 1 aromatic carbocycles. The minimum absolute atomic E-state index is 0.605. The Morgan fingerprint density at radius 1 is 1.29 bits per heavy atom. The van der Waals surface area contributed by atoms with Crippen molar-refractivity contribution in [1.82, 2.24) is 0 Å². The van der Waals surface area contributed by atoms with Crippen LogP contribution in [0.25, 0.3) is 0 Å². The summed E-state index contributed by atoms with van der Waals surface area (Å²) in [4.78, 5) is 0.828. The summed E-state index contributed by atoms with van der Waals surface area (Å²) in [7, 11) is 0. The lowest BCUT2D eigenvalue weighted by Crippen LogP contribution is -2.33. The molecule has 0 radical (unpaired) electrons. The third-order valence-electron chi connectivity index (χ3n) is 4.14. The van der Waals surface area contributed by atoms with Crippen LogP contribution in [0.5, 0.6) is 0 Å². The zero-order chi connectivity index (χ0) is 15.0. The molecule has 0 aliphatic heterocycles. The molecule has 108 valence electrons. The van der Waals surface area contributed by atoms with Crippen molar-refractivity contribution in [3.63, 3.8) is 0 Å².